The summed E-state index contributed by atoms with van der Waals surface area (Å²) in [6, 6.07) is 12.5. The molecule has 0 bridgehead atoms. The number of hydrogen-bond acceptors (Lipinski definition) is 1. The first-order valence-corrected chi connectivity index (χ1v) is 7.79. The molecule has 0 saturated carbocycles. The highest BCUT2D eigenvalue weighted by molar-refractivity contribution is 9.11. The number of alkyl halides is 1. The minimum atomic E-state index is 0.174. The van der Waals surface area contributed by atoms with E-state index >= 15 is 0 Å². The number of aryl methyl sites for hydroxylation is 2. The molecule has 2 rings (SSSR count). The lowest BCUT2D eigenvalue weighted by atomic mass is 9.99. The van der Waals surface area contributed by atoms with Crippen LogP contribution in [0.25, 0.3) is 0 Å². The van der Waals surface area contributed by atoms with E-state index in [2.05, 4.69) is 76.0 Å². The molecule has 1 atom stereocenters. The third-order valence-electron chi connectivity index (χ3n) is 3.24. The van der Waals surface area contributed by atoms with Crippen LogP contribution in [-0.4, -0.2) is 7.11 Å². The van der Waals surface area contributed by atoms with Crippen molar-refractivity contribution in [2.24, 2.45) is 0 Å². The highest BCUT2D eigenvalue weighted by Gasteiger charge is 2.16. The maximum atomic E-state index is 5.25. The van der Waals surface area contributed by atoms with E-state index in [1.165, 1.54) is 22.3 Å². The summed E-state index contributed by atoms with van der Waals surface area (Å²) in [6.07, 6.45) is 0. The Balaban J connectivity index is 2.44. The first-order valence-electron chi connectivity index (χ1n) is 6.08. The zero-order valence-electron chi connectivity index (χ0n) is 11.2. The van der Waals surface area contributed by atoms with Crippen LogP contribution in [0, 0.1) is 13.8 Å². The monoisotopic (exact) mass is 382 g/mol. The lowest BCUT2D eigenvalue weighted by Gasteiger charge is -2.17. The fraction of sp³-hybridized carbons (Fsp3) is 0.250. The van der Waals surface area contributed by atoms with Gasteiger partial charge in [-0.1, -0.05) is 56.1 Å². The largest absolute Gasteiger partial charge is 0.497 e. The van der Waals surface area contributed by atoms with Crippen LogP contribution in [0.3, 0.4) is 0 Å². The van der Waals surface area contributed by atoms with Gasteiger partial charge in [0.25, 0.3) is 0 Å². The molecule has 0 heterocycles. The molecule has 1 unspecified atom stereocenters. The molecular weight excluding hydrogens is 368 g/mol. The van der Waals surface area contributed by atoms with E-state index in [9.17, 15) is 0 Å². The highest BCUT2D eigenvalue weighted by atomic mass is 79.9. The molecule has 0 fully saturated rings. The van der Waals surface area contributed by atoms with Gasteiger partial charge < -0.3 is 4.74 Å². The number of halogens is 2. The summed E-state index contributed by atoms with van der Waals surface area (Å²) in [6.45, 7) is 4.21. The Morgan fingerprint density at radius 2 is 1.74 bits per heavy atom. The average molecular weight is 384 g/mol. The maximum Gasteiger partial charge on any atom is 0.119 e. The fourth-order valence-corrected chi connectivity index (χ4v) is 3.79. The van der Waals surface area contributed by atoms with E-state index in [1.54, 1.807) is 7.11 Å². The Morgan fingerprint density at radius 1 is 1.00 bits per heavy atom. The Bertz CT molecular complexity index is 593. The Morgan fingerprint density at radius 3 is 2.37 bits per heavy atom. The van der Waals surface area contributed by atoms with Crippen molar-refractivity contribution in [1.29, 1.82) is 0 Å². The van der Waals surface area contributed by atoms with Crippen molar-refractivity contribution in [2.45, 2.75) is 18.7 Å². The predicted molar refractivity (Wildman–Crippen MR) is 87.4 cm³/mol. The second-order valence-corrected chi connectivity index (χ2v) is 6.27. The molecule has 0 saturated heterocycles. The quantitative estimate of drug-likeness (QED) is 0.630. The molecule has 100 valence electrons. The number of benzene rings is 2. The van der Waals surface area contributed by atoms with E-state index in [-0.39, 0.29) is 4.83 Å². The van der Waals surface area contributed by atoms with Gasteiger partial charge in [-0.25, -0.2) is 0 Å². The molecule has 0 aliphatic carbocycles. The van der Waals surface area contributed by atoms with Crippen LogP contribution in [0.5, 0.6) is 5.75 Å². The molecule has 0 amide bonds. The van der Waals surface area contributed by atoms with E-state index in [0.717, 1.165) is 10.2 Å². The zero-order valence-corrected chi connectivity index (χ0v) is 14.4. The molecule has 3 heteroatoms. The van der Waals surface area contributed by atoms with Crippen LogP contribution < -0.4 is 4.74 Å². The molecule has 0 radical (unpaired) electrons. The van der Waals surface area contributed by atoms with Crippen molar-refractivity contribution >= 4 is 31.9 Å². The van der Waals surface area contributed by atoms with Crippen molar-refractivity contribution in [2.75, 3.05) is 7.11 Å². The normalized spacial score (nSPS) is 12.3. The van der Waals surface area contributed by atoms with Crippen LogP contribution >= 0.6 is 31.9 Å². The number of rotatable bonds is 3. The number of methoxy groups -OCH3 is 1. The third kappa shape index (κ3) is 3.03. The minimum Gasteiger partial charge on any atom is -0.497 e. The average Bonchev–Trinajstić information content (AvgIpc) is 2.41. The van der Waals surface area contributed by atoms with Crippen molar-refractivity contribution in [3.63, 3.8) is 0 Å². The predicted octanol–water partition coefficient (Wildman–Crippen LogP) is 5.56. The van der Waals surface area contributed by atoms with Gasteiger partial charge in [-0.2, -0.15) is 0 Å². The summed E-state index contributed by atoms with van der Waals surface area (Å²) in [4.78, 5) is 0.174. The van der Waals surface area contributed by atoms with Gasteiger partial charge in [0, 0.05) is 4.47 Å². The topological polar surface area (TPSA) is 9.23 Å². The molecular formula is C16H16Br2O. The SMILES string of the molecule is COc1ccc(C(Br)c2cccc(C)c2Br)c(C)c1. The molecule has 2 aromatic carbocycles. The molecule has 0 aliphatic heterocycles. The van der Waals surface area contributed by atoms with Gasteiger partial charge in [0.1, 0.15) is 5.75 Å². The van der Waals surface area contributed by atoms with Crippen molar-refractivity contribution in [3.05, 3.63) is 63.1 Å². The van der Waals surface area contributed by atoms with E-state index in [0.29, 0.717) is 0 Å². The van der Waals surface area contributed by atoms with E-state index in [4.69, 9.17) is 4.74 Å². The molecule has 2 aromatic rings. The number of hydrogen-bond donors (Lipinski definition) is 0. The third-order valence-corrected chi connectivity index (χ3v) is 5.31. The van der Waals surface area contributed by atoms with Gasteiger partial charge in [0.05, 0.1) is 11.9 Å². The molecule has 19 heavy (non-hydrogen) atoms. The van der Waals surface area contributed by atoms with Crippen LogP contribution in [0.1, 0.15) is 27.1 Å². The lowest BCUT2D eigenvalue weighted by Crippen LogP contribution is -1.98. The molecule has 0 N–H and O–H groups in total. The van der Waals surface area contributed by atoms with Crippen LogP contribution in [0.15, 0.2) is 40.9 Å². The second-order valence-electron chi connectivity index (χ2n) is 4.56. The summed E-state index contributed by atoms with van der Waals surface area (Å²) in [5.41, 5.74) is 4.96. The van der Waals surface area contributed by atoms with Crippen LogP contribution in [0.2, 0.25) is 0 Å². The smallest absolute Gasteiger partial charge is 0.119 e. The minimum absolute atomic E-state index is 0.174. The first-order chi connectivity index (χ1) is 9.04. The van der Waals surface area contributed by atoms with Crippen molar-refractivity contribution in [1.82, 2.24) is 0 Å². The van der Waals surface area contributed by atoms with Gasteiger partial charge in [0.2, 0.25) is 0 Å². The van der Waals surface area contributed by atoms with E-state index in [1.807, 2.05) is 6.07 Å². The molecule has 0 aromatic heterocycles. The van der Waals surface area contributed by atoms with Gasteiger partial charge in [-0.15, -0.1) is 0 Å². The molecule has 0 spiro atoms. The summed E-state index contributed by atoms with van der Waals surface area (Å²) in [7, 11) is 1.69. The molecule has 0 aliphatic rings. The Kier molecular flexibility index (Phi) is 4.69. The number of ether oxygens (including phenoxy) is 1. The highest BCUT2D eigenvalue weighted by Crippen LogP contribution is 2.38. The Labute approximate surface area is 131 Å². The molecule has 1 nitrogen and oxygen atoms in total. The van der Waals surface area contributed by atoms with Gasteiger partial charge in [-0.05, 0) is 48.2 Å². The van der Waals surface area contributed by atoms with Gasteiger partial charge in [0.15, 0.2) is 0 Å². The standard InChI is InChI=1S/C16H16Br2O/c1-10-5-4-6-14(15(10)17)16(18)13-8-7-12(19-3)9-11(13)2/h4-9,16H,1-3H3. The van der Waals surface area contributed by atoms with Crippen molar-refractivity contribution in [3.8, 4) is 5.75 Å². The summed E-state index contributed by atoms with van der Waals surface area (Å²) >= 11 is 7.48. The lowest BCUT2D eigenvalue weighted by molar-refractivity contribution is 0.414. The zero-order chi connectivity index (χ0) is 14.0. The van der Waals surface area contributed by atoms with E-state index < -0.39 is 0 Å². The van der Waals surface area contributed by atoms with Gasteiger partial charge >= 0.3 is 0 Å². The second kappa shape index (κ2) is 6.10. The van der Waals surface area contributed by atoms with Crippen LogP contribution in [-0.2, 0) is 0 Å². The Hall–Kier alpha value is -0.800. The maximum absolute atomic E-state index is 5.25. The van der Waals surface area contributed by atoms with Crippen LogP contribution in [0.4, 0.5) is 0 Å². The first kappa shape index (κ1) is 14.6. The van der Waals surface area contributed by atoms with Gasteiger partial charge in [-0.3, -0.25) is 0 Å². The fourth-order valence-electron chi connectivity index (χ4n) is 2.09. The summed E-state index contributed by atoms with van der Waals surface area (Å²) < 4.78 is 6.41. The summed E-state index contributed by atoms with van der Waals surface area (Å²) in [5.74, 6) is 0.893. The van der Waals surface area contributed by atoms with Crippen molar-refractivity contribution < 1.29 is 4.74 Å². The summed E-state index contributed by atoms with van der Waals surface area (Å²) in [5, 5.41) is 0.